The molecule has 0 bridgehead atoms. The molecule has 4 heteroatoms. The molecule has 0 radical (unpaired) electrons. The maximum Gasteiger partial charge on any atom is 0.698 e. The van der Waals surface area contributed by atoms with E-state index in [1.807, 2.05) is 109 Å². The molecule has 0 saturated carbocycles. The molecule has 0 N–H and O–H groups in total. The van der Waals surface area contributed by atoms with Crippen molar-refractivity contribution >= 4 is 8.25 Å². The van der Waals surface area contributed by atoms with Crippen LogP contribution in [-0.4, -0.2) is 11.2 Å². The van der Waals surface area contributed by atoms with E-state index < -0.39 is 19.5 Å². The number of hydrogen-bond donors (Lipinski definition) is 0. The molecule has 0 aliphatic carbocycles. The van der Waals surface area contributed by atoms with Crippen molar-refractivity contribution in [2.24, 2.45) is 0 Å². The van der Waals surface area contributed by atoms with Gasteiger partial charge in [0.05, 0.1) is 0 Å². The second-order valence-corrected chi connectivity index (χ2v) is 13.6. The van der Waals surface area contributed by atoms with Gasteiger partial charge in [0, 0.05) is 43.1 Å². The van der Waals surface area contributed by atoms with Gasteiger partial charge in [-0.05, 0) is 33.4 Å². The molecule has 0 spiro atoms. The lowest BCUT2D eigenvalue weighted by Crippen LogP contribution is -2.41. The van der Waals surface area contributed by atoms with E-state index in [1.165, 1.54) is 0 Å². The molecule has 0 heterocycles. The molecule has 240 valence electrons. The Morgan fingerprint density at radius 3 is 0.646 bits per heavy atom. The van der Waals surface area contributed by atoms with E-state index in [-0.39, 0.29) is 0 Å². The molecule has 6 aromatic carbocycles. The van der Waals surface area contributed by atoms with E-state index in [1.54, 1.807) is 0 Å². The van der Waals surface area contributed by atoms with Gasteiger partial charge in [0.15, 0.2) is 0 Å². The standard InChI is InChI=1S/C44H42O3P/c45-48(46-43(31-37-19-7-1-8-20-37,32-38-21-9-2-10-22-38)33-39-23-11-3-12-24-39)47-44(34-40-25-13-4-14-26-40,35-41-27-15-5-16-28-41)36-42-29-17-6-18-30-42/h1-30H,31-36H2/q+1. The van der Waals surface area contributed by atoms with Crippen LogP contribution in [0.4, 0.5) is 0 Å². The van der Waals surface area contributed by atoms with Crippen molar-refractivity contribution in [2.45, 2.75) is 49.7 Å². The zero-order valence-corrected chi connectivity index (χ0v) is 28.1. The van der Waals surface area contributed by atoms with Gasteiger partial charge < -0.3 is 0 Å². The molecule has 3 nitrogen and oxygen atoms in total. The molecule has 0 atom stereocenters. The summed E-state index contributed by atoms with van der Waals surface area (Å²) in [5, 5.41) is 0. The van der Waals surface area contributed by atoms with Crippen LogP contribution in [0, 0.1) is 0 Å². The Hall–Kier alpha value is -4.66. The molecular weight excluding hydrogens is 607 g/mol. The molecule has 0 aromatic heterocycles. The quantitative estimate of drug-likeness (QED) is 0.0979. The molecule has 48 heavy (non-hydrogen) atoms. The first-order chi connectivity index (χ1) is 23.6. The minimum atomic E-state index is -2.58. The summed E-state index contributed by atoms with van der Waals surface area (Å²) in [4.78, 5) is 0. The van der Waals surface area contributed by atoms with Gasteiger partial charge in [-0.2, -0.15) is 0 Å². The molecule has 0 aliphatic rings. The predicted molar refractivity (Wildman–Crippen MR) is 196 cm³/mol. The highest BCUT2D eigenvalue weighted by Crippen LogP contribution is 2.44. The van der Waals surface area contributed by atoms with Crippen molar-refractivity contribution < 1.29 is 13.6 Å². The summed E-state index contributed by atoms with van der Waals surface area (Å²) in [5.41, 5.74) is 5.06. The van der Waals surface area contributed by atoms with Crippen LogP contribution in [0.1, 0.15) is 33.4 Å². The normalized spacial score (nSPS) is 11.7. The Kier molecular flexibility index (Phi) is 11.4. The van der Waals surface area contributed by atoms with E-state index in [9.17, 15) is 4.57 Å². The molecule has 0 fully saturated rings. The van der Waals surface area contributed by atoms with Gasteiger partial charge in [0.25, 0.3) is 0 Å². The largest absolute Gasteiger partial charge is 0.698 e. The van der Waals surface area contributed by atoms with E-state index >= 15 is 0 Å². The zero-order valence-electron chi connectivity index (χ0n) is 27.2. The maximum absolute atomic E-state index is 14.7. The minimum Gasteiger partial charge on any atom is -0.111 e. The Labute approximate surface area is 286 Å². The van der Waals surface area contributed by atoms with Crippen LogP contribution < -0.4 is 0 Å². The summed E-state index contributed by atoms with van der Waals surface area (Å²) >= 11 is 0. The van der Waals surface area contributed by atoms with Crippen LogP contribution in [-0.2, 0) is 52.1 Å². The average Bonchev–Trinajstić information content (AvgIpc) is 3.11. The van der Waals surface area contributed by atoms with Crippen LogP contribution in [0.2, 0.25) is 0 Å². The highest BCUT2D eigenvalue weighted by atomic mass is 31.1. The lowest BCUT2D eigenvalue weighted by atomic mass is 9.83. The Morgan fingerprint density at radius 2 is 0.479 bits per heavy atom. The third-order valence-corrected chi connectivity index (χ3v) is 9.82. The topological polar surface area (TPSA) is 35.5 Å². The van der Waals surface area contributed by atoms with Gasteiger partial charge in [-0.1, -0.05) is 182 Å². The van der Waals surface area contributed by atoms with Crippen molar-refractivity contribution in [3.8, 4) is 0 Å². The molecule has 6 rings (SSSR count). The predicted octanol–water partition coefficient (Wildman–Crippen LogP) is 10.6. The molecular formula is C44H42O3P+. The smallest absolute Gasteiger partial charge is 0.111 e. The first-order valence-corrected chi connectivity index (χ1v) is 17.8. The highest BCUT2D eigenvalue weighted by molar-refractivity contribution is 7.33. The molecule has 0 amide bonds. The third-order valence-electron chi connectivity index (χ3n) is 8.75. The van der Waals surface area contributed by atoms with Crippen molar-refractivity contribution in [1.82, 2.24) is 0 Å². The van der Waals surface area contributed by atoms with E-state index in [0.717, 1.165) is 33.4 Å². The third kappa shape index (κ3) is 9.69. The molecule has 0 aliphatic heterocycles. The van der Waals surface area contributed by atoms with Crippen LogP contribution in [0.3, 0.4) is 0 Å². The SMILES string of the molecule is O=[P+](OC(Cc1ccccc1)(Cc1ccccc1)Cc1ccccc1)OC(Cc1ccccc1)(Cc1ccccc1)Cc1ccccc1. The van der Waals surface area contributed by atoms with Crippen molar-refractivity contribution in [2.75, 3.05) is 0 Å². The molecule has 0 saturated heterocycles. The van der Waals surface area contributed by atoms with Gasteiger partial charge in [0.2, 0.25) is 0 Å². The second kappa shape index (κ2) is 16.4. The van der Waals surface area contributed by atoms with Gasteiger partial charge >= 0.3 is 8.25 Å². The van der Waals surface area contributed by atoms with Gasteiger partial charge in [-0.25, -0.2) is 0 Å². The minimum absolute atomic E-state index is 0.575. The number of benzene rings is 6. The van der Waals surface area contributed by atoms with Crippen LogP contribution in [0.5, 0.6) is 0 Å². The van der Waals surface area contributed by atoms with Gasteiger partial charge in [0.1, 0.15) is 11.2 Å². The summed E-state index contributed by atoms with van der Waals surface area (Å²) < 4.78 is 28.5. The maximum atomic E-state index is 14.7. The second-order valence-electron chi connectivity index (χ2n) is 12.7. The van der Waals surface area contributed by atoms with Gasteiger partial charge in [-0.15, -0.1) is 9.05 Å². The summed E-state index contributed by atoms with van der Waals surface area (Å²) in [6.07, 6.45) is 3.45. The fourth-order valence-corrected chi connectivity index (χ4v) is 7.77. The van der Waals surface area contributed by atoms with Crippen LogP contribution in [0.25, 0.3) is 0 Å². The monoisotopic (exact) mass is 649 g/mol. The lowest BCUT2D eigenvalue weighted by molar-refractivity contribution is 0.0109. The van der Waals surface area contributed by atoms with Crippen molar-refractivity contribution in [3.05, 3.63) is 215 Å². The molecule has 6 aromatic rings. The molecule has 0 unspecified atom stereocenters. The first-order valence-electron chi connectivity index (χ1n) is 16.7. The van der Waals surface area contributed by atoms with E-state index in [4.69, 9.17) is 9.05 Å². The van der Waals surface area contributed by atoms with Crippen molar-refractivity contribution in [3.63, 3.8) is 0 Å². The Bertz CT molecular complexity index is 1470. The van der Waals surface area contributed by atoms with Crippen molar-refractivity contribution in [1.29, 1.82) is 0 Å². The summed E-state index contributed by atoms with van der Waals surface area (Å²) in [6, 6.07) is 62.1. The summed E-state index contributed by atoms with van der Waals surface area (Å²) in [7, 11) is -2.58. The highest BCUT2D eigenvalue weighted by Gasteiger charge is 2.48. The first kappa shape index (κ1) is 33.2. The van der Waals surface area contributed by atoms with E-state index in [0.29, 0.717) is 38.5 Å². The number of hydrogen-bond acceptors (Lipinski definition) is 3. The van der Waals surface area contributed by atoms with Gasteiger partial charge in [-0.3, -0.25) is 0 Å². The fourth-order valence-electron chi connectivity index (χ4n) is 6.71. The van der Waals surface area contributed by atoms with Crippen LogP contribution in [0.15, 0.2) is 182 Å². The van der Waals surface area contributed by atoms with E-state index in [2.05, 4.69) is 72.8 Å². The summed E-state index contributed by atoms with van der Waals surface area (Å²) in [5.74, 6) is 0. The lowest BCUT2D eigenvalue weighted by Gasteiger charge is -2.32. The number of rotatable bonds is 16. The summed E-state index contributed by atoms with van der Waals surface area (Å²) in [6.45, 7) is 0. The Morgan fingerprint density at radius 1 is 0.312 bits per heavy atom. The Balaban J connectivity index is 1.41. The zero-order chi connectivity index (χ0) is 32.9. The average molecular weight is 650 g/mol. The fraction of sp³-hybridized carbons (Fsp3) is 0.182. The van der Waals surface area contributed by atoms with Crippen LogP contribution >= 0.6 is 8.25 Å².